The molecule has 0 unspecified atom stereocenters. The van der Waals surface area contributed by atoms with Crippen molar-refractivity contribution in [1.29, 1.82) is 0 Å². The predicted octanol–water partition coefficient (Wildman–Crippen LogP) is 2.01. The average Bonchev–Trinajstić information content (AvgIpc) is 2.20. The van der Waals surface area contributed by atoms with Gasteiger partial charge in [-0.05, 0) is 13.0 Å². The number of nitro benzene ring substituents is 1. The quantitative estimate of drug-likeness (QED) is 0.380. The summed E-state index contributed by atoms with van der Waals surface area (Å²) < 4.78 is 4.72. The van der Waals surface area contributed by atoms with Gasteiger partial charge < -0.3 is 10.5 Å². The number of nitrogens with two attached hydrogens (primary N) is 1. The zero-order chi connectivity index (χ0) is 12.3. The van der Waals surface area contributed by atoms with Crippen molar-refractivity contribution in [2.75, 3.05) is 12.3 Å². The van der Waals surface area contributed by atoms with Gasteiger partial charge in [0.25, 0.3) is 5.69 Å². The van der Waals surface area contributed by atoms with Crippen molar-refractivity contribution in [2.45, 2.75) is 6.92 Å². The van der Waals surface area contributed by atoms with Crippen LogP contribution in [0, 0.1) is 10.1 Å². The molecule has 0 spiro atoms. The van der Waals surface area contributed by atoms with Gasteiger partial charge in [0.2, 0.25) is 0 Å². The first-order valence-electron chi connectivity index (χ1n) is 4.38. The largest absolute Gasteiger partial charge is 0.462 e. The molecule has 6 nitrogen and oxygen atoms in total. The van der Waals surface area contributed by atoms with Gasteiger partial charge in [0.15, 0.2) is 0 Å². The van der Waals surface area contributed by atoms with Crippen LogP contribution in [0.3, 0.4) is 0 Å². The van der Waals surface area contributed by atoms with Crippen molar-refractivity contribution < 1.29 is 14.5 Å². The number of hydrogen-bond donors (Lipinski definition) is 1. The first-order valence-corrected chi connectivity index (χ1v) is 4.75. The second-order valence-electron chi connectivity index (χ2n) is 2.87. The van der Waals surface area contributed by atoms with Crippen LogP contribution in [-0.4, -0.2) is 17.5 Å². The van der Waals surface area contributed by atoms with E-state index in [1.807, 2.05) is 0 Å². The number of hydrogen-bond acceptors (Lipinski definition) is 5. The molecule has 0 bridgehead atoms. The highest BCUT2D eigenvalue weighted by molar-refractivity contribution is 6.33. The van der Waals surface area contributed by atoms with E-state index in [1.165, 1.54) is 0 Å². The van der Waals surface area contributed by atoms with Crippen molar-refractivity contribution >= 4 is 28.9 Å². The molecule has 2 N–H and O–H groups in total. The molecule has 16 heavy (non-hydrogen) atoms. The Morgan fingerprint density at radius 2 is 2.25 bits per heavy atom. The lowest BCUT2D eigenvalue weighted by molar-refractivity contribution is -0.384. The maximum Gasteiger partial charge on any atom is 0.340 e. The van der Waals surface area contributed by atoms with Crippen molar-refractivity contribution in [3.05, 3.63) is 32.8 Å². The minimum atomic E-state index is -0.673. The summed E-state index contributed by atoms with van der Waals surface area (Å²) in [5.41, 5.74) is 5.15. The standard InChI is InChI=1S/C9H9ClN2O4/c1-2-16-9(13)5-3-6(10)8(12(14)15)4-7(5)11/h3-4H,2,11H2,1H3. The molecule has 0 aliphatic carbocycles. The van der Waals surface area contributed by atoms with Crippen LogP contribution in [0.2, 0.25) is 5.02 Å². The Morgan fingerprint density at radius 1 is 1.62 bits per heavy atom. The van der Waals surface area contributed by atoms with Crippen LogP contribution < -0.4 is 5.73 Å². The number of carbonyl (C=O) groups is 1. The molecule has 0 saturated heterocycles. The molecule has 0 fully saturated rings. The van der Waals surface area contributed by atoms with Crippen molar-refractivity contribution in [2.24, 2.45) is 0 Å². The minimum absolute atomic E-state index is 0.0254. The third kappa shape index (κ3) is 2.40. The number of anilines is 1. The summed E-state index contributed by atoms with van der Waals surface area (Å²) in [4.78, 5) is 21.2. The molecule has 0 atom stereocenters. The maximum absolute atomic E-state index is 11.4. The number of nitro groups is 1. The van der Waals surface area contributed by atoms with Gasteiger partial charge in [-0.25, -0.2) is 4.79 Å². The molecular formula is C9H9ClN2O4. The monoisotopic (exact) mass is 244 g/mol. The summed E-state index contributed by atoms with van der Waals surface area (Å²) >= 11 is 5.64. The van der Waals surface area contributed by atoms with E-state index in [1.54, 1.807) is 6.92 Å². The Labute approximate surface area is 96.1 Å². The lowest BCUT2D eigenvalue weighted by Crippen LogP contribution is -2.08. The number of rotatable bonds is 3. The summed E-state index contributed by atoms with van der Waals surface area (Å²) in [7, 11) is 0. The fourth-order valence-electron chi connectivity index (χ4n) is 1.10. The van der Waals surface area contributed by atoms with Crippen LogP contribution in [-0.2, 0) is 4.74 Å². The Morgan fingerprint density at radius 3 is 2.75 bits per heavy atom. The van der Waals surface area contributed by atoms with Crippen LogP contribution in [0.4, 0.5) is 11.4 Å². The number of benzene rings is 1. The summed E-state index contributed by atoms with van der Waals surface area (Å²) in [6, 6.07) is 2.17. The van der Waals surface area contributed by atoms with Gasteiger partial charge in [0.05, 0.1) is 22.8 Å². The van der Waals surface area contributed by atoms with Crippen molar-refractivity contribution in [3.63, 3.8) is 0 Å². The molecule has 0 aliphatic heterocycles. The molecule has 0 saturated carbocycles. The summed E-state index contributed by atoms with van der Waals surface area (Å²) in [6.07, 6.45) is 0. The van der Waals surface area contributed by atoms with Crippen LogP contribution in [0.15, 0.2) is 12.1 Å². The fourth-order valence-corrected chi connectivity index (χ4v) is 1.34. The number of nitrogen functional groups attached to an aromatic ring is 1. The minimum Gasteiger partial charge on any atom is -0.462 e. The number of ether oxygens (including phenoxy) is 1. The Kier molecular flexibility index (Phi) is 3.68. The highest BCUT2D eigenvalue weighted by Crippen LogP contribution is 2.29. The van der Waals surface area contributed by atoms with Crippen LogP contribution in [0.1, 0.15) is 17.3 Å². The molecule has 86 valence electrons. The Balaban J connectivity index is 3.20. The van der Waals surface area contributed by atoms with Crippen LogP contribution >= 0.6 is 11.6 Å². The van der Waals surface area contributed by atoms with Crippen molar-refractivity contribution in [1.82, 2.24) is 0 Å². The van der Waals surface area contributed by atoms with E-state index in [2.05, 4.69) is 0 Å². The zero-order valence-corrected chi connectivity index (χ0v) is 9.15. The molecule has 1 aromatic carbocycles. The first kappa shape index (κ1) is 12.3. The average molecular weight is 245 g/mol. The number of nitrogens with zero attached hydrogens (tertiary/aromatic N) is 1. The molecule has 0 amide bonds. The van der Waals surface area contributed by atoms with Crippen LogP contribution in [0.5, 0.6) is 0 Å². The number of esters is 1. The van der Waals surface area contributed by atoms with E-state index >= 15 is 0 Å². The van der Waals surface area contributed by atoms with E-state index in [0.29, 0.717) is 0 Å². The van der Waals surface area contributed by atoms with E-state index in [0.717, 1.165) is 12.1 Å². The molecule has 0 radical (unpaired) electrons. The van der Waals surface area contributed by atoms with Gasteiger partial charge in [-0.1, -0.05) is 11.6 Å². The van der Waals surface area contributed by atoms with Gasteiger partial charge in [-0.15, -0.1) is 0 Å². The van der Waals surface area contributed by atoms with E-state index in [-0.39, 0.29) is 28.6 Å². The second kappa shape index (κ2) is 4.80. The summed E-state index contributed by atoms with van der Waals surface area (Å²) in [6.45, 7) is 1.83. The van der Waals surface area contributed by atoms with Gasteiger partial charge in [0, 0.05) is 6.07 Å². The van der Waals surface area contributed by atoms with Gasteiger partial charge in [0.1, 0.15) is 5.02 Å². The normalized spacial score (nSPS) is 9.88. The lowest BCUT2D eigenvalue weighted by atomic mass is 10.1. The lowest BCUT2D eigenvalue weighted by Gasteiger charge is -2.05. The molecular weight excluding hydrogens is 236 g/mol. The summed E-state index contributed by atoms with van der Waals surface area (Å²) in [5.74, 6) is -0.656. The number of carbonyl (C=O) groups excluding carboxylic acids is 1. The zero-order valence-electron chi connectivity index (χ0n) is 8.40. The third-order valence-corrected chi connectivity index (χ3v) is 2.11. The van der Waals surface area contributed by atoms with E-state index < -0.39 is 10.9 Å². The SMILES string of the molecule is CCOC(=O)c1cc(Cl)c([N+](=O)[O-])cc1N. The molecule has 0 heterocycles. The molecule has 0 aliphatic rings. The third-order valence-electron chi connectivity index (χ3n) is 1.81. The van der Waals surface area contributed by atoms with Crippen molar-refractivity contribution in [3.8, 4) is 0 Å². The molecule has 1 aromatic rings. The number of halogens is 1. The molecule has 0 aromatic heterocycles. The van der Waals surface area contributed by atoms with E-state index in [9.17, 15) is 14.9 Å². The maximum atomic E-state index is 11.4. The first-order chi connectivity index (χ1) is 7.47. The highest BCUT2D eigenvalue weighted by Gasteiger charge is 2.19. The Hall–Kier alpha value is -1.82. The smallest absolute Gasteiger partial charge is 0.340 e. The van der Waals surface area contributed by atoms with Gasteiger partial charge >= 0.3 is 5.97 Å². The Bertz CT molecular complexity index is 447. The van der Waals surface area contributed by atoms with Gasteiger partial charge in [-0.3, -0.25) is 10.1 Å². The van der Waals surface area contributed by atoms with E-state index in [4.69, 9.17) is 22.1 Å². The highest BCUT2D eigenvalue weighted by atomic mass is 35.5. The fraction of sp³-hybridized carbons (Fsp3) is 0.222. The second-order valence-corrected chi connectivity index (χ2v) is 3.28. The summed E-state index contributed by atoms with van der Waals surface area (Å²) in [5, 5.41) is 10.4. The molecule has 1 rings (SSSR count). The topological polar surface area (TPSA) is 95.5 Å². The van der Waals surface area contributed by atoms with Crippen LogP contribution in [0.25, 0.3) is 0 Å². The molecule has 7 heteroatoms. The van der Waals surface area contributed by atoms with Gasteiger partial charge in [-0.2, -0.15) is 0 Å². The predicted molar refractivity (Wildman–Crippen MR) is 58.5 cm³/mol.